The summed E-state index contributed by atoms with van der Waals surface area (Å²) >= 11 is 0. The average molecular weight is 293 g/mol. The topological polar surface area (TPSA) is 12.0 Å². The lowest BCUT2D eigenvalue weighted by atomic mass is 9.98. The molecule has 0 heterocycles. The molecule has 1 heteroatoms. The Morgan fingerprint density at radius 2 is 1.55 bits per heavy atom. The van der Waals surface area contributed by atoms with Crippen molar-refractivity contribution in [3.63, 3.8) is 0 Å². The first-order chi connectivity index (χ1) is 10.8. The molecule has 2 aromatic rings. The Bertz CT molecular complexity index is 555. The fourth-order valence-electron chi connectivity index (χ4n) is 2.53. The number of likely N-dealkylation sites (N-methyl/N-ethyl adjacent to an activating group) is 1. The van der Waals surface area contributed by atoms with Gasteiger partial charge in [0.1, 0.15) is 0 Å². The summed E-state index contributed by atoms with van der Waals surface area (Å²) in [4.78, 5) is 0. The van der Waals surface area contributed by atoms with Crippen molar-refractivity contribution in [3.05, 3.63) is 70.8 Å². The van der Waals surface area contributed by atoms with E-state index < -0.39 is 0 Å². The second kappa shape index (κ2) is 10.7. The number of terminal acetylenes is 1. The lowest BCUT2D eigenvalue weighted by Gasteiger charge is -2.09. The van der Waals surface area contributed by atoms with E-state index in [0.717, 1.165) is 32.4 Å². The van der Waals surface area contributed by atoms with Gasteiger partial charge in [0.2, 0.25) is 0 Å². The minimum absolute atomic E-state index is 1.05. The third-order valence-corrected chi connectivity index (χ3v) is 3.77. The Balaban J connectivity index is 0.00000116. The fourth-order valence-corrected chi connectivity index (χ4v) is 2.53. The zero-order valence-electron chi connectivity index (χ0n) is 13.8. The van der Waals surface area contributed by atoms with Crippen LogP contribution in [-0.2, 0) is 19.3 Å². The molecule has 0 saturated carbocycles. The van der Waals surface area contributed by atoms with E-state index in [2.05, 4.69) is 80.5 Å². The molecule has 0 bridgehead atoms. The second-order valence-corrected chi connectivity index (χ2v) is 5.35. The first kappa shape index (κ1) is 18.0. The van der Waals surface area contributed by atoms with E-state index in [-0.39, 0.29) is 0 Å². The van der Waals surface area contributed by atoms with Gasteiger partial charge in [-0.05, 0) is 61.5 Å². The Hall–Kier alpha value is -2.04. The molecular formula is C21H27N. The zero-order valence-corrected chi connectivity index (χ0v) is 13.8. The Kier molecular flexibility index (Phi) is 8.72. The van der Waals surface area contributed by atoms with Gasteiger partial charge < -0.3 is 5.32 Å². The molecular weight excluding hydrogens is 266 g/mol. The van der Waals surface area contributed by atoms with Crippen LogP contribution in [0.1, 0.15) is 29.2 Å². The highest BCUT2D eigenvalue weighted by atomic mass is 14.8. The van der Waals surface area contributed by atoms with Gasteiger partial charge in [0.05, 0.1) is 0 Å². The number of aryl methyl sites for hydroxylation is 3. The van der Waals surface area contributed by atoms with Crippen LogP contribution >= 0.6 is 0 Å². The summed E-state index contributed by atoms with van der Waals surface area (Å²) in [6.07, 6.45) is 11.4. The minimum atomic E-state index is 1.05. The SMILES string of the molecule is C#C.CCNCCc1ccc(CCc2ccccc2)cc1C. The van der Waals surface area contributed by atoms with Gasteiger partial charge in [-0.3, -0.25) is 0 Å². The van der Waals surface area contributed by atoms with Gasteiger partial charge in [-0.15, -0.1) is 12.8 Å². The van der Waals surface area contributed by atoms with Crippen LogP contribution in [0.2, 0.25) is 0 Å². The Morgan fingerprint density at radius 3 is 2.18 bits per heavy atom. The van der Waals surface area contributed by atoms with E-state index in [4.69, 9.17) is 0 Å². The molecule has 0 aliphatic heterocycles. The smallest absolute Gasteiger partial charge is 0.000837 e. The van der Waals surface area contributed by atoms with Crippen LogP contribution in [-0.4, -0.2) is 13.1 Å². The Morgan fingerprint density at radius 1 is 0.864 bits per heavy atom. The summed E-state index contributed by atoms with van der Waals surface area (Å²) in [7, 11) is 0. The van der Waals surface area contributed by atoms with E-state index >= 15 is 0 Å². The van der Waals surface area contributed by atoms with Gasteiger partial charge in [0.25, 0.3) is 0 Å². The summed E-state index contributed by atoms with van der Waals surface area (Å²) in [6.45, 7) is 6.50. The Labute approximate surface area is 135 Å². The molecule has 2 rings (SSSR count). The summed E-state index contributed by atoms with van der Waals surface area (Å²) in [5.74, 6) is 0. The highest BCUT2D eigenvalue weighted by molar-refractivity contribution is 5.32. The van der Waals surface area contributed by atoms with Crippen LogP contribution in [0.25, 0.3) is 0 Å². The van der Waals surface area contributed by atoms with Crippen molar-refractivity contribution in [1.29, 1.82) is 0 Å². The van der Waals surface area contributed by atoms with Crippen molar-refractivity contribution < 1.29 is 0 Å². The third-order valence-electron chi connectivity index (χ3n) is 3.77. The van der Waals surface area contributed by atoms with Crippen molar-refractivity contribution in [3.8, 4) is 12.8 Å². The maximum absolute atomic E-state index is 4.00. The van der Waals surface area contributed by atoms with Crippen molar-refractivity contribution in [1.82, 2.24) is 5.32 Å². The molecule has 1 nitrogen and oxygen atoms in total. The monoisotopic (exact) mass is 293 g/mol. The molecule has 0 radical (unpaired) electrons. The van der Waals surface area contributed by atoms with Crippen molar-refractivity contribution in [2.75, 3.05) is 13.1 Å². The maximum atomic E-state index is 4.00. The van der Waals surface area contributed by atoms with Crippen LogP contribution in [0.15, 0.2) is 48.5 Å². The highest BCUT2D eigenvalue weighted by Crippen LogP contribution is 2.14. The van der Waals surface area contributed by atoms with Crippen LogP contribution in [0.5, 0.6) is 0 Å². The predicted octanol–water partition coefficient (Wildman–Crippen LogP) is 4.18. The molecule has 2 aromatic carbocycles. The minimum Gasteiger partial charge on any atom is -0.317 e. The van der Waals surface area contributed by atoms with Crippen molar-refractivity contribution >= 4 is 0 Å². The second-order valence-electron chi connectivity index (χ2n) is 5.35. The molecule has 0 saturated heterocycles. The zero-order chi connectivity index (χ0) is 16.2. The molecule has 0 aromatic heterocycles. The normalized spacial score (nSPS) is 9.82. The average Bonchev–Trinajstić information content (AvgIpc) is 2.58. The van der Waals surface area contributed by atoms with Crippen molar-refractivity contribution in [2.45, 2.75) is 33.1 Å². The van der Waals surface area contributed by atoms with E-state index in [1.165, 1.54) is 22.3 Å². The van der Waals surface area contributed by atoms with Crippen LogP contribution < -0.4 is 5.32 Å². The maximum Gasteiger partial charge on any atom is -0.000837 e. The lowest BCUT2D eigenvalue weighted by Crippen LogP contribution is -2.16. The molecule has 116 valence electrons. The summed E-state index contributed by atoms with van der Waals surface area (Å²) in [5.41, 5.74) is 5.75. The van der Waals surface area contributed by atoms with Gasteiger partial charge in [-0.1, -0.05) is 55.5 Å². The third kappa shape index (κ3) is 6.16. The predicted molar refractivity (Wildman–Crippen MR) is 97.2 cm³/mol. The number of hydrogen-bond donors (Lipinski definition) is 1. The lowest BCUT2D eigenvalue weighted by molar-refractivity contribution is 0.714. The van der Waals surface area contributed by atoms with Crippen LogP contribution in [0, 0.1) is 19.8 Å². The fraction of sp³-hybridized carbons (Fsp3) is 0.333. The summed E-state index contributed by atoms with van der Waals surface area (Å²) < 4.78 is 0. The molecule has 0 aliphatic rings. The largest absolute Gasteiger partial charge is 0.317 e. The molecule has 22 heavy (non-hydrogen) atoms. The molecule has 0 atom stereocenters. The number of rotatable bonds is 7. The first-order valence-corrected chi connectivity index (χ1v) is 7.96. The highest BCUT2D eigenvalue weighted by Gasteiger charge is 2.01. The first-order valence-electron chi connectivity index (χ1n) is 7.96. The van der Waals surface area contributed by atoms with Gasteiger partial charge in [-0.2, -0.15) is 0 Å². The summed E-state index contributed by atoms with van der Waals surface area (Å²) in [5, 5.41) is 3.39. The van der Waals surface area contributed by atoms with Crippen molar-refractivity contribution in [2.24, 2.45) is 0 Å². The molecule has 0 amide bonds. The van der Waals surface area contributed by atoms with E-state index in [9.17, 15) is 0 Å². The van der Waals surface area contributed by atoms with E-state index in [1.54, 1.807) is 0 Å². The summed E-state index contributed by atoms with van der Waals surface area (Å²) in [6, 6.07) is 17.7. The number of benzene rings is 2. The van der Waals surface area contributed by atoms with Crippen LogP contribution in [0.3, 0.4) is 0 Å². The molecule has 0 spiro atoms. The van der Waals surface area contributed by atoms with Crippen LogP contribution in [0.4, 0.5) is 0 Å². The number of nitrogens with one attached hydrogen (secondary N) is 1. The standard InChI is InChI=1S/C19H25N.C2H2/c1-3-20-14-13-19-12-11-18(15-16(19)2)10-9-17-7-5-4-6-8-17;1-2/h4-8,11-12,15,20H,3,9-10,13-14H2,1-2H3;1-2H. The van der Waals surface area contributed by atoms with Gasteiger partial charge in [0.15, 0.2) is 0 Å². The van der Waals surface area contributed by atoms with E-state index in [0.29, 0.717) is 0 Å². The van der Waals surface area contributed by atoms with Gasteiger partial charge in [0, 0.05) is 0 Å². The quantitative estimate of drug-likeness (QED) is 0.596. The molecule has 0 unspecified atom stereocenters. The molecule has 1 N–H and O–H groups in total. The molecule has 0 aliphatic carbocycles. The van der Waals surface area contributed by atoms with Gasteiger partial charge >= 0.3 is 0 Å². The number of hydrogen-bond acceptors (Lipinski definition) is 1. The van der Waals surface area contributed by atoms with E-state index in [1.807, 2.05) is 0 Å². The molecule has 0 fully saturated rings. The van der Waals surface area contributed by atoms with Gasteiger partial charge in [-0.25, -0.2) is 0 Å².